The molecule has 22 heavy (non-hydrogen) atoms. The molecule has 0 saturated carbocycles. The Hall–Kier alpha value is -1.86. The number of sulfonamides is 1. The maximum atomic E-state index is 13.0. The molecule has 0 bridgehead atoms. The zero-order chi connectivity index (χ0) is 15.9. The largest absolute Gasteiger partial charge is 0.465 e. The number of esters is 1. The summed E-state index contributed by atoms with van der Waals surface area (Å²) in [5, 5.41) is 1.59. The van der Waals surface area contributed by atoms with Crippen LogP contribution in [0.4, 0.5) is 5.69 Å². The Balaban J connectivity index is 2.12. The Morgan fingerprint density at radius 1 is 1.32 bits per heavy atom. The van der Waals surface area contributed by atoms with Gasteiger partial charge in [-0.25, -0.2) is 13.2 Å². The van der Waals surface area contributed by atoms with E-state index in [4.69, 9.17) is 0 Å². The number of nitrogens with zero attached hydrogens (tertiary/aromatic N) is 1. The molecule has 0 N–H and O–H groups in total. The fraction of sp³-hybridized carbons (Fsp3) is 0.267. The van der Waals surface area contributed by atoms with Gasteiger partial charge in [-0.3, -0.25) is 4.31 Å². The molecule has 0 fully saturated rings. The van der Waals surface area contributed by atoms with Crippen molar-refractivity contribution in [1.82, 2.24) is 0 Å². The Bertz CT molecular complexity index is 826. The van der Waals surface area contributed by atoms with Gasteiger partial charge >= 0.3 is 5.97 Å². The second-order valence-corrected chi connectivity index (χ2v) is 7.79. The summed E-state index contributed by atoms with van der Waals surface area (Å²) in [6, 6.07) is 8.70. The Morgan fingerprint density at radius 2 is 2.05 bits per heavy atom. The van der Waals surface area contributed by atoms with Crippen LogP contribution in [0.15, 0.2) is 40.6 Å². The molecule has 7 heteroatoms. The number of hydrogen-bond donors (Lipinski definition) is 0. The summed E-state index contributed by atoms with van der Waals surface area (Å²) < 4.78 is 32.1. The van der Waals surface area contributed by atoms with Crippen LogP contribution in [0.3, 0.4) is 0 Å². The first-order valence-electron chi connectivity index (χ1n) is 6.75. The summed E-state index contributed by atoms with van der Waals surface area (Å²) in [5.74, 6) is -0.631. The van der Waals surface area contributed by atoms with E-state index < -0.39 is 16.0 Å². The molecule has 0 aliphatic carbocycles. The van der Waals surface area contributed by atoms with Gasteiger partial charge in [-0.2, -0.15) is 0 Å². The summed E-state index contributed by atoms with van der Waals surface area (Å²) in [6.45, 7) is 1.86. The molecule has 1 aromatic carbocycles. The number of thiophene rings is 1. The zero-order valence-electron chi connectivity index (χ0n) is 12.1. The van der Waals surface area contributed by atoms with E-state index in [9.17, 15) is 13.2 Å². The molecule has 1 unspecified atom stereocenters. The van der Waals surface area contributed by atoms with E-state index >= 15 is 0 Å². The van der Waals surface area contributed by atoms with Crippen molar-refractivity contribution in [2.45, 2.75) is 24.3 Å². The van der Waals surface area contributed by atoms with Crippen molar-refractivity contribution in [3.05, 3.63) is 46.2 Å². The SMILES string of the molecule is COC(=O)c1sccc1S(=O)(=O)N1c2ccccc2CC1C. The van der Waals surface area contributed by atoms with Gasteiger partial charge in [-0.05, 0) is 36.4 Å². The molecule has 1 aliphatic rings. The van der Waals surface area contributed by atoms with Crippen molar-refractivity contribution in [1.29, 1.82) is 0 Å². The number of benzene rings is 1. The smallest absolute Gasteiger partial charge is 0.349 e. The summed E-state index contributed by atoms with van der Waals surface area (Å²) in [7, 11) is -2.56. The normalized spacial score (nSPS) is 17.4. The van der Waals surface area contributed by atoms with E-state index in [1.165, 1.54) is 17.5 Å². The molecule has 1 aliphatic heterocycles. The van der Waals surface area contributed by atoms with E-state index in [1.54, 1.807) is 11.4 Å². The molecule has 1 aromatic heterocycles. The van der Waals surface area contributed by atoms with Gasteiger partial charge in [-0.15, -0.1) is 11.3 Å². The number of methoxy groups -OCH3 is 1. The second-order valence-electron chi connectivity index (χ2n) is 5.09. The third-order valence-corrected chi connectivity index (χ3v) is 6.68. The van der Waals surface area contributed by atoms with Crippen LogP contribution in [0.25, 0.3) is 0 Å². The monoisotopic (exact) mass is 337 g/mol. The lowest BCUT2D eigenvalue weighted by Gasteiger charge is -2.24. The summed E-state index contributed by atoms with van der Waals surface area (Å²) >= 11 is 1.07. The minimum atomic E-state index is -3.80. The van der Waals surface area contributed by atoms with Gasteiger partial charge in [0.25, 0.3) is 10.0 Å². The van der Waals surface area contributed by atoms with Crippen LogP contribution in [-0.2, 0) is 21.2 Å². The van der Waals surface area contributed by atoms with Crippen LogP contribution in [0.2, 0.25) is 0 Å². The minimum absolute atomic E-state index is 0.00732. The number of fused-ring (bicyclic) bond motifs is 1. The van der Waals surface area contributed by atoms with Gasteiger partial charge < -0.3 is 4.74 Å². The number of para-hydroxylation sites is 1. The average molecular weight is 337 g/mol. The highest BCUT2D eigenvalue weighted by molar-refractivity contribution is 7.93. The molecule has 2 heterocycles. The van der Waals surface area contributed by atoms with Crippen molar-refractivity contribution < 1.29 is 17.9 Å². The van der Waals surface area contributed by atoms with E-state index in [1.807, 2.05) is 25.1 Å². The predicted octanol–water partition coefficient (Wildman–Crippen LogP) is 2.67. The highest BCUT2D eigenvalue weighted by atomic mass is 32.2. The predicted molar refractivity (Wildman–Crippen MR) is 84.9 cm³/mol. The first-order chi connectivity index (χ1) is 10.5. The standard InChI is InChI=1S/C15H15NO4S2/c1-10-9-11-5-3-4-6-12(11)16(10)22(18,19)13-7-8-21-14(13)15(17)20-2/h3-8,10H,9H2,1-2H3. The van der Waals surface area contributed by atoms with Crippen LogP contribution in [0.5, 0.6) is 0 Å². The fourth-order valence-electron chi connectivity index (χ4n) is 2.75. The van der Waals surface area contributed by atoms with Crippen molar-refractivity contribution in [2.24, 2.45) is 0 Å². The lowest BCUT2D eigenvalue weighted by molar-refractivity contribution is 0.0602. The molecular formula is C15H15NO4S2. The van der Waals surface area contributed by atoms with Crippen LogP contribution in [0, 0.1) is 0 Å². The molecule has 0 radical (unpaired) electrons. The first kappa shape index (κ1) is 15.1. The quantitative estimate of drug-likeness (QED) is 0.808. The maximum absolute atomic E-state index is 13.0. The third kappa shape index (κ3) is 2.21. The van der Waals surface area contributed by atoms with Gasteiger partial charge in [0.1, 0.15) is 9.77 Å². The summed E-state index contributed by atoms with van der Waals surface area (Å²) in [6.07, 6.45) is 0.660. The van der Waals surface area contributed by atoms with Gasteiger partial charge in [-0.1, -0.05) is 18.2 Å². The van der Waals surface area contributed by atoms with E-state index in [-0.39, 0.29) is 15.8 Å². The van der Waals surface area contributed by atoms with E-state index in [0.29, 0.717) is 12.1 Å². The molecular weight excluding hydrogens is 322 g/mol. The lowest BCUT2D eigenvalue weighted by atomic mass is 10.1. The molecule has 116 valence electrons. The number of ether oxygens (including phenoxy) is 1. The number of hydrogen-bond acceptors (Lipinski definition) is 5. The highest BCUT2D eigenvalue weighted by Crippen LogP contribution is 2.38. The van der Waals surface area contributed by atoms with Crippen molar-refractivity contribution in [3.63, 3.8) is 0 Å². The zero-order valence-corrected chi connectivity index (χ0v) is 13.8. The molecule has 3 rings (SSSR count). The fourth-order valence-corrected chi connectivity index (χ4v) is 5.76. The summed E-state index contributed by atoms with van der Waals surface area (Å²) in [4.78, 5) is 11.9. The topological polar surface area (TPSA) is 63.7 Å². The van der Waals surface area contributed by atoms with Gasteiger partial charge in [0, 0.05) is 6.04 Å². The molecule has 1 atom stereocenters. The molecule has 0 saturated heterocycles. The number of carbonyl (C=O) groups excluding carboxylic acids is 1. The van der Waals surface area contributed by atoms with Crippen molar-refractivity contribution >= 4 is 33.0 Å². The molecule has 0 amide bonds. The number of anilines is 1. The second kappa shape index (κ2) is 5.40. The van der Waals surface area contributed by atoms with Crippen LogP contribution in [-0.4, -0.2) is 27.5 Å². The Kier molecular flexibility index (Phi) is 3.70. The van der Waals surface area contributed by atoms with E-state index in [2.05, 4.69) is 4.74 Å². The van der Waals surface area contributed by atoms with Crippen molar-refractivity contribution in [3.8, 4) is 0 Å². The molecule has 0 spiro atoms. The number of rotatable bonds is 3. The van der Waals surface area contributed by atoms with Gasteiger partial charge in [0.2, 0.25) is 0 Å². The average Bonchev–Trinajstić information content (AvgIpc) is 3.10. The Labute approximate surface area is 133 Å². The van der Waals surface area contributed by atoms with Crippen LogP contribution in [0.1, 0.15) is 22.2 Å². The van der Waals surface area contributed by atoms with Gasteiger partial charge in [0.05, 0.1) is 12.8 Å². The third-order valence-electron chi connectivity index (χ3n) is 3.68. The molecule has 2 aromatic rings. The highest BCUT2D eigenvalue weighted by Gasteiger charge is 2.38. The van der Waals surface area contributed by atoms with Crippen molar-refractivity contribution in [2.75, 3.05) is 11.4 Å². The lowest BCUT2D eigenvalue weighted by Crippen LogP contribution is -2.36. The van der Waals surface area contributed by atoms with Crippen LogP contribution >= 0.6 is 11.3 Å². The first-order valence-corrected chi connectivity index (χ1v) is 9.07. The van der Waals surface area contributed by atoms with Gasteiger partial charge in [0.15, 0.2) is 0 Å². The molecule has 5 nitrogen and oxygen atoms in total. The Morgan fingerprint density at radius 3 is 2.77 bits per heavy atom. The van der Waals surface area contributed by atoms with Crippen LogP contribution < -0.4 is 4.31 Å². The number of carbonyl (C=O) groups is 1. The minimum Gasteiger partial charge on any atom is -0.465 e. The summed E-state index contributed by atoms with van der Waals surface area (Å²) in [5.41, 5.74) is 1.67. The van der Waals surface area contributed by atoms with E-state index in [0.717, 1.165) is 16.9 Å². The maximum Gasteiger partial charge on any atom is 0.349 e.